The van der Waals surface area contributed by atoms with E-state index in [1.165, 1.54) is 51.4 Å². The first-order chi connectivity index (χ1) is 13.9. The van der Waals surface area contributed by atoms with Gasteiger partial charge in [0.15, 0.2) is 0 Å². The van der Waals surface area contributed by atoms with Crippen LogP contribution in [-0.2, 0) is 10.1 Å². The first-order valence-electron chi connectivity index (χ1n) is 12.5. The van der Waals surface area contributed by atoms with E-state index < -0.39 is 15.4 Å². The molecule has 0 radical (unpaired) electrons. The Hall–Kier alpha value is 1.51. The summed E-state index contributed by atoms with van der Waals surface area (Å²) in [4.78, 5) is 0. The second-order valence-corrected chi connectivity index (χ2v) is 10.5. The Morgan fingerprint density at radius 1 is 0.600 bits per heavy atom. The number of hydrogen-bond acceptors (Lipinski definition) is 4. The van der Waals surface area contributed by atoms with Gasteiger partial charge in [0.25, 0.3) is 0 Å². The molecule has 0 saturated carbocycles. The molecular formula is C24H49KO4S. The van der Waals surface area contributed by atoms with Gasteiger partial charge in [0.1, 0.15) is 0 Å². The van der Waals surface area contributed by atoms with E-state index in [9.17, 15) is 18.1 Å². The maximum absolute atomic E-state index is 11.4. The first-order valence-corrected chi connectivity index (χ1v) is 14.0. The molecule has 2 unspecified atom stereocenters. The fraction of sp³-hybridized carbons (Fsp3) is 1.00. The molecule has 0 aliphatic carbocycles. The molecule has 1 N–H and O–H groups in total. The monoisotopic (exact) mass is 472 g/mol. The van der Waals surface area contributed by atoms with Crippen LogP contribution >= 0.6 is 0 Å². The molecule has 0 amide bonds. The van der Waals surface area contributed by atoms with E-state index in [1.54, 1.807) is 0 Å². The number of aliphatic hydroxyl groups excluding tert-OH is 1. The minimum atomic E-state index is -4.16. The van der Waals surface area contributed by atoms with Crippen LogP contribution in [0.2, 0.25) is 0 Å². The van der Waals surface area contributed by atoms with Crippen LogP contribution in [0, 0.1) is 0 Å². The van der Waals surface area contributed by atoms with Crippen molar-refractivity contribution in [2.24, 2.45) is 0 Å². The van der Waals surface area contributed by atoms with Gasteiger partial charge in [0.05, 0.1) is 16.2 Å². The van der Waals surface area contributed by atoms with Crippen molar-refractivity contribution in [3.05, 3.63) is 0 Å². The third kappa shape index (κ3) is 22.7. The number of unbranched alkanes of at least 4 members (excludes halogenated alkanes) is 13. The normalized spacial score (nSPS) is 13.7. The predicted octanol–water partition coefficient (Wildman–Crippen LogP) is 4.11. The average Bonchev–Trinajstić information content (AvgIpc) is 2.67. The first kappa shape index (κ1) is 33.7. The summed E-state index contributed by atoms with van der Waals surface area (Å²) in [6.07, 6.45) is 20.9. The summed E-state index contributed by atoms with van der Waals surface area (Å²) in [7, 11) is -4.16. The van der Waals surface area contributed by atoms with Gasteiger partial charge in [-0.25, -0.2) is 8.42 Å². The maximum atomic E-state index is 11.4. The van der Waals surface area contributed by atoms with Gasteiger partial charge in [-0.3, -0.25) is 0 Å². The van der Waals surface area contributed by atoms with Gasteiger partial charge >= 0.3 is 51.4 Å². The minimum absolute atomic E-state index is 0. The second-order valence-electron chi connectivity index (χ2n) is 8.87. The number of aliphatic hydroxyl groups is 1. The molecule has 0 aromatic rings. The van der Waals surface area contributed by atoms with Gasteiger partial charge in [-0.15, -0.1) is 0 Å². The number of rotatable bonds is 22. The Kier molecular flexibility index (Phi) is 26.6. The summed E-state index contributed by atoms with van der Waals surface area (Å²) >= 11 is 0. The number of hydrogen-bond donors (Lipinski definition) is 1. The zero-order valence-electron chi connectivity index (χ0n) is 20.4. The zero-order chi connectivity index (χ0) is 21.8. The van der Waals surface area contributed by atoms with E-state index in [1.807, 2.05) is 0 Å². The Bertz CT molecular complexity index is 442. The standard InChI is InChI=1S/C24H50O4S.K/c1-3-5-7-8-9-10-11-12-16-19-23(25)20-17-13-14-18-22-24(29(26,27)28)21-15-6-4-2;/h23-25H,3-22H2,1-2H3,(H,26,27,28);/q;+1/p-1. The van der Waals surface area contributed by atoms with Crippen molar-refractivity contribution in [3.63, 3.8) is 0 Å². The molecule has 0 bridgehead atoms. The Morgan fingerprint density at radius 2 is 0.900 bits per heavy atom. The van der Waals surface area contributed by atoms with Gasteiger partial charge in [0.2, 0.25) is 0 Å². The predicted molar refractivity (Wildman–Crippen MR) is 123 cm³/mol. The summed E-state index contributed by atoms with van der Waals surface area (Å²) in [5.41, 5.74) is 0. The molecule has 6 heteroatoms. The summed E-state index contributed by atoms with van der Waals surface area (Å²) in [5, 5.41) is 9.40. The molecule has 0 heterocycles. The summed E-state index contributed by atoms with van der Waals surface area (Å²) in [6.45, 7) is 4.32. The molecule has 0 rings (SSSR count). The Labute approximate surface area is 230 Å². The van der Waals surface area contributed by atoms with Crippen molar-refractivity contribution in [2.75, 3.05) is 0 Å². The average molecular weight is 473 g/mol. The molecule has 0 saturated heterocycles. The molecule has 30 heavy (non-hydrogen) atoms. The van der Waals surface area contributed by atoms with Crippen LogP contribution in [-0.4, -0.2) is 29.4 Å². The van der Waals surface area contributed by atoms with Crippen molar-refractivity contribution < 1.29 is 69.5 Å². The van der Waals surface area contributed by atoms with Crippen LogP contribution in [0.25, 0.3) is 0 Å². The van der Waals surface area contributed by atoms with Crippen LogP contribution in [0.3, 0.4) is 0 Å². The van der Waals surface area contributed by atoms with Gasteiger partial charge < -0.3 is 9.66 Å². The quantitative estimate of drug-likeness (QED) is 0.146. The van der Waals surface area contributed by atoms with Gasteiger partial charge in [-0.2, -0.15) is 0 Å². The maximum Gasteiger partial charge on any atom is 1.00 e. The Balaban J connectivity index is 0. The van der Waals surface area contributed by atoms with Gasteiger partial charge in [0, 0.05) is 5.25 Å². The van der Waals surface area contributed by atoms with Crippen molar-refractivity contribution in [3.8, 4) is 0 Å². The van der Waals surface area contributed by atoms with Crippen LogP contribution in [0.5, 0.6) is 0 Å². The van der Waals surface area contributed by atoms with Gasteiger partial charge in [-0.05, 0) is 25.7 Å². The van der Waals surface area contributed by atoms with E-state index in [0.717, 1.165) is 64.2 Å². The Morgan fingerprint density at radius 3 is 1.30 bits per heavy atom. The molecule has 176 valence electrons. The fourth-order valence-electron chi connectivity index (χ4n) is 4.00. The summed E-state index contributed by atoms with van der Waals surface area (Å²) in [6, 6.07) is 0. The SMILES string of the molecule is CCCCCCCCCCCC(O)CCCCCCC(CCCCC)S(=O)(=O)[O-].[K+]. The van der Waals surface area contributed by atoms with Crippen LogP contribution in [0.4, 0.5) is 0 Å². The molecule has 0 aromatic carbocycles. The molecule has 0 aromatic heterocycles. The van der Waals surface area contributed by atoms with E-state index >= 15 is 0 Å². The topological polar surface area (TPSA) is 77.4 Å². The van der Waals surface area contributed by atoms with Crippen molar-refractivity contribution >= 4 is 10.1 Å². The molecule has 0 fully saturated rings. The van der Waals surface area contributed by atoms with Crippen molar-refractivity contribution in [2.45, 2.75) is 154 Å². The summed E-state index contributed by atoms with van der Waals surface area (Å²) < 4.78 is 34.1. The van der Waals surface area contributed by atoms with Crippen LogP contribution in [0.1, 0.15) is 142 Å². The molecule has 2 atom stereocenters. The van der Waals surface area contributed by atoms with E-state index in [4.69, 9.17) is 0 Å². The molecule has 0 spiro atoms. The van der Waals surface area contributed by atoms with E-state index in [-0.39, 0.29) is 57.5 Å². The molecular weight excluding hydrogens is 423 g/mol. The van der Waals surface area contributed by atoms with E-state index in [0.29, 0.717) is 12.8 Å². The minimum Gasteiger partial charge on any atom is -0.748 e. The van der Waals surface area contributed by atoms with Crippen molar-refractivity contribution in [1.82, 2.24) is 0 Å². The smallest absolute Gasteiger partial charge is 0.748 e. The molecule has 0 aliphatic heterocycles. The van der Waals surface area contributed by atoms with Crippen LogP contribution in [0.15, 0.2) is 0 Å². The summed E-state index contributed by atoms with van der Waals surface area (Å²) in [5.74, 6) is 0. The third-order valence-electron chi connectivity index (χ3n) is 5.99. The molecule has 4 nitrogen and oxygen atoms in total. The van der Waals surface area contributed by atoms with Crippen molar-refractivity contribution in [1.29, 1.82) is 0 Å². The van der Waals surface area contributed by atoms with Gasteiger partial charge in [-0.1, -0.05) is 117 Å². The molecule has 0 aliphatic rings. The fourth-order valence-corrected chi connectivity index (χ4v) is 4.91. The largest absolute Gasteiger partial charge is 1.00 e. The third-order valence-corrected chi connectivity index (χ3v) is 7.28. The van der Waals surface area contributed by atoms with Crippen LogP contribution < -0.4 is 51.4 Å². The second kappa shape index (κ2) is 23.7. The van der Waals surface area contributed by atoms with E-state index in [2.05, 4.69) is 13.8 Å². The zero-order valence-corrected chi connectivity index (χ0v) is 24.3.